The van der Waals surface area contributed by atoms with Gasteiger partial charge in [-0.15, -0.1) is 10.2 Å². The lowest BCUT2D eigenvalue weighted by atomic mass is 9.59. The first-order chi connectivity index (χ1) is 19.9. The minimum absolute atomic E-state index is 0.0593. The molecule has 1 heterocycles. The van der Waals surface area contributed by atoms with E-state index in [0.29, 0.717) is 11.8 Å². The summed E-state index contributed by atoms with van der Waals surface area (Å²) in [5, 5.41) is 10.1. The van der Waals surface area contributed by atoms with Crippen molar-refractivity contribution in [1.29, 1.82) is 0 Å². The summed E-state index contributed by atoms with van der Waals surface area (Å²) >= 11 is 3.84. The van der Waals surface area contributed by atoms with Crippen LogP contribution in [0.15, 0.2) is 65.1 Å². The molecule has 4 heteroatoms. The predicted octanol–water partition coefficient (Wildman–Crippen LogP) is 11.8. The third-order valence-corrected chi connectivity index (χ3v) is 10.3. The van der Waals surface area contributed by atoms with Crippen LogP contribution in [0.5, 0.6) is 0 Å². The Morgan fingerprint density at radius 1 is 0.786 bits per heavy atom. The molecule has 3 nitrogen and oxygen atoms in total. The van der Waals surface area contributed by atoms with E-state index in [1.54, 1.807) is 0 Å². The number of benzene rings is 3. The molecule has 1 aromatic heterocycles. The maximum absolute atomic E-state index is 5.07. The average molecular weight is 629 g/mol. The second kappa shape index (κ2) is 12.9. The monoisotopic (exact) mass is 627 g/mol. The molecule has 42 heavy (non-hydrogen) atoms. The van der Waals surface area contributed by atoms with Crippen molar-refractivity contribution in [3.05, 3.63) is 87.4 Å². The molecule has 4 rings (SSSR count). The van der Waals surface area contributed by atoms with E-state index in [9.17, 15) is 0 Å². The van der Waals surface area contributed by atoms with Crippen LogP contribution in [0, 0.1) is 12.3 Å². The van der Waals surface area contributed by atoms with Crippen molar-refractivity contribution in [3.63, 3.8) is 0 Å². The van der Waals surface area contributed by atoms with Crippen molar-refractivity contribution >= 4 is 15.9 Å². The zero-order valence-electron chi connectivity index (χ0n) is 27.5. The minimum Gasteiger partial charge on any atom is -0.274 e. The molecule has 0 radical (unpaired) electrons. The number of hydrogen-bond donors (Lipinski definition) is 0. The van der Waals surface area contributed by atoms with Crippen LogP contribution in [0.2, 0.25) is 0 Å². The molecule has 0 saturated carbocycles. The van der Waals surface area contributed by atoms with Crippen LogP contribution in [0.25, 0.3) is 28.5 Å². The third-order valence-electron chi connectivity index (χ3n) is 9.79. The molecule has 0 amide bonds. The van der Waals surface area contributed by atoms with E-state index < -0.39 is 0 Å². The van der Waals surface area contributed by atoms with Gasteiger partial charge in [-0.25, -0.2) is 0 Å². The molecule has 224 valence electrons. The number of unbranched alkanes of at least 4 members (excludes halogenated alkanes) is 1. The molecule has 0 aliphatic carbocycles. The molecule has 0 spiro atoms. The highest BCUT2D eigenvalue weighted by atomic mass is 79.9. The predicted molar refractivity (Wildman–Crippen MR) is 184 cm³/mol. The Kier molecular flexibility index (Phi) is 9.87. The Hall–Kier alpha value is -2.72. The molecule has 0 fully saturated rings. The molecule has 0 aliphatic heterocycles. The number of halogens is 1. The standard InChI is InChI=1S/C38H50BrN3/c1-11-13-23-37(8,9)38(10,12-2)33-22-21-28(39)24-32(33)36-41-40-35(31-18-15-14-17-27(31)7)42(36)34-29(25(3)4)19-16-20-30(34)26(5)6/h14-22,24-26H,11-13,23H2,1-10H3. The van der Waals surface area contributed by atoms with Crippen molar-refractivity contribution in [1.82, 2.24) is 14.8 Å². The Morgan fingerprint density at radius 3 is 1.93 bits per heavy atom. The van der Waals surface area contributed by atoms with Crippen LogP contribution in [0.4, 0.5) is 0 Å². The number of aryl methyl sites for hydroxylation is 1. The van der Waals surface area contributed by atoms with Gasteiger partial charge in [0.25, 0.3) is 0 Å². The summed E-state index contributed by atoms with van der Waals surface area (Å²) in [6.07, 6.45) is 4.64. The van der Waals surface area contributed by atoms with Crippen molar-refractivity contribution < 1.29 is 0 Å². The van der Waals surface area contributed by atoms with Gasteiger partial charge in [-0.2, -0.15) is 0 Å². The maximum Gasteiger partial charge on any atom is 0.169 e. The van der Waals surface area contributed by atoms with Gasteiger partial charge in [-0.1, -0.05) is 140 Å². The smallest absolute Gasteiger partial charge is 0.169 e. The first kappa shape index (κ1) is 32.2. The summed E-state index contributed by atoms with van der Waals surface area (Å²) in [4.78, 5) is 0. The van der Waals surface area contributed by atoms with Gasteiger partial charge < -0.3 is 0 Å². The zero-order valence-corrected chi connectivity index (χ0v) is 29.1. The molecule has 0 bridgehead atoms. The van der Waals surface area contributed by atoms with E-state index in [2.05, 4.69) is 150 Å². The van der Waals surface area contributed by atoms with Crippen LogP contribution >= 0.6 is 15.9 Å². The molecule has 0 aliphatic rings. The molecule has 0 saturated heterocycles. The Bertz CT molecular complexity index is 1500. The van der Waals surface area contributed by atoms with Crippen molar-refractivity contribution in [2.75, 3.05) is 0 Å². The first-order valence-corrected chi connectivity index (χ1v) is 16.6. The molecule has 3 aromatic carbocycles. The lowest BCUT2D eigenvalue weighted by molar-refractivity contribution is 0.152. The molecule has 1 atom stereocenters. The third kappa shape index (κ3) is 5.89. The highest BCUT2D eigenvalue weighted by Crippen LogP contribution is 2.51. The lowest BCUT2D eigenvalue weighted by Gasteiger charge is -2.46. The second-order valence-corrected chi connectivity index (χ2v) is 14.4. The molecular weight excluding hydrogens is 578 g/mol. The Balaban J connectivity index is 2.16. The first-order valence-electron chi connectivity index (χ1n) is 15.8. The minimum atomic E-state index is -0.0593. The number of nitrogens with zero attached hydrogens (tertiary/aromatic N) is 3. The Morgan fingerprint density at radius 2 is 1.38 bits per heavy atom. The van der Waals surface area contributed by atoms with E-state index >= 15 is 0 Å². The van der Waals surface area contributed by atoms with Gasteiger partial charge in [0.05, 0.1) is 5.69 Å². The lowest BCUT2D eigenvalue weighted by Crippen LogP contribution is -2.39. The summed E-state index contributed by atoms with van der Waals surface area (Å²) < 4.78 is 3.44. The van der Waals surface area contributed by atoms with Crippen molar-refractivity contribution in [3.8, 4) is 28.5 Å². The van der Waals surface area contributed by atoms with E-state index in [1.165, 1.54) is 47.2 Å². The number of rotatable bonds is 11. The summed E-state index contributed by atoms with van der Waals surface area (Å²) in [5.74, 6) is 2.49. The molecular formula is C38H50BrN3. The Labute approximate surface area is 263 Å². The number of hydrogen-bond acceptors (Lipinski definition) is 2. The largest absolute Gasteiger partial charge is 0.274 e. The second-order valence-electron chi connectivity index (χ2n) is 13.5. The SMILES string of the molecule is CCCCC(C)(C)C(C)(CC)c1ccc(Br)cc1-c1nnc(-c2ccccc2C)n1-c1c(C(C)C)cccc1C(C)C. The van der Waals surface area contributed by atoms with Gasteiger partial charge in [-0.3, -0.25) is 4.57 Å². The molecule has 1 unspecified atom stereocenters. The quantitative estimate of drug-likeness (QED) is 0.165. The maximum atomic E-state index is 5.07. The van der Waals surface area contributed by atoms with E-state index in [0.717, 1.165) is 33.7 Å². The summed E-state index contributed by atoms with van der Waals surface area (Å²) in [7, 11) is 0. The van der Waals surface area contributed by atoms with Crippen LogP contribution < -0.4 is 0 Å². The van der Waals surface area contributed by atoms with Gasteiger partial charge in [0.2, 0.25) is 0 Å². The van der Waals surface area contributed by atoms with Gasteiger partial charge in [0, 0.05) is 15.6 Å². The summed E-state index contributed by atoms with van der Waals surface area (Å²) in [5.41, 5.74) is 8.69. The normalized spacial score (nSPS) is 13.6. The van der Waals surface area contributed by atoms with E-state index in [-0.39, 0.29) is 10.8 Å². The van der Waals surface area contributed by atoms with Gasteiger partial charge in [-0.05, 0) is 76.8 Å². The van der Waals surface area contributed by atoms with Crippen LogP contribution in [0.3, 0.4) is 0 Å². The van der Waals surface area contributed by atoms with Crippen molar-refractivity contribution in [2.24, 2.45) is 5.41 Å². The summed E-state index contributed by atoms with van der Waals surface area (Å²) in [6, 6.07) is 22.1. The fourth-order valence-electron chi connectivity index (χ4n) is 6.55. The average Bonchev–Trinajstić information content (AvgIpc) is 3.39. The van der Waals surface area contributed by atoms with Crippen molar-refractivity contribution in [2.45, 2.75) is 112 Å². The number of para-hydroxylation sites is 1. The molecule has 4 aromatic rings. The van der Waals surface area contributed by atoms with Crippen LogP contribution in [-0.4, -0.2) is 14.8 Å². The van der Waals surface area contributed by atoms with Gasteiger partial charge in [0.15, 0.2) is 11.6 Å². The topological polar surface area (TPSA) is 30.7 Å². The summed E-state index contributed by atoms with van der Waals surface area (Å²) in [6.45, 7) is 23.3. The van der Waals surface area contributed by atoms with E-state index in [1.807, 2.05) is 0 Å². The fourth-order valence-corrected chi connectivity index (χ4v) is 6.91. The van der Waals surface area contributed by atoms with E-state index in [4.69, 9.17) is 10.2 Å². The molecule has 0 N–H and O–H groups in total. The fraction of sp³-hybridized carbons (Fsp3) is 0.474. The zero-order chi connectivity index (χ0) is 30.8. The van der Waals surface area contributed by atoms with Gasteiger partial charge >= 0.3 is 0 Å². The van der Waals surface area contributed by atoms with Crippen LogP contribution in [0.1, 0.15) is 122 Å². The van der Waals surface area contributed by atoms with Crippen LogP contribution in [-0.2, 0) is 5.41 Å². The highest BCUT2D eigenvalue weighted by Gasteiger charge is 2.42. The highest BCUT2D eigenvalue weighted by molar-refractivity contribution is 9.10. The number of aromatic nitrogens is 3. The van der Waals surface area contributed by atoms with Gasteiger partial charge in [0.1, 0.15) is 0 Å².